The van der Waals surface area contributed by atoms with E-state index in [1.54, 1.807) is 24.3 Å². The third-order valence-electron chi connectivity index (χ3n) is 4.88. The van der Waals surface area contributed by atoms with Gasteiger partial charge < -0.3 is 10.6 Å². The molecule has 3 rings (SSSR count). The lowest BCUT2D eigenvalue weighted by atomic mass is 10.1. The molecule has 6 heteroatoms. The summed E-state index contributed by atoms with van der Waals surface area (Å²) in [6, 6.07) is 6.67. The molecule has 1 unspecified atom stereocenters. The first-order valence-electron chi connectivity index (χ1n) is 9.05. The first-order valence-corrected chi connectivity index (χ1v) is 9.05. The molecule has 1 aromatic carbocycles. The van der Waals surface area contributed by atoms with Crippen molar-refractivity contribution in [3.05, 3.63) is 24.3 Å². The van der Waals surface area contributed by atoms with Crippen LogP contribution in [0.4, 0.5) is 11.4 Å². The summed E-state index contributed by atoms with van der Waals surface area (Å²) in [5.41, 5.74) is 1.19. The Balaban J connectivity index is 1.67. The number of hydrogen-bond acceptors (Lipinski definition) is 4. The summed E-state index contributed by atoms with van der Waals surface area (Å²) in [5.74, 6) is -0.515. The predicted molar refractivity (Wildman–Crippen MR) is 96.3 cm³/mol. The molecule has 1 saturated carbocycles. The highest BCUT2D eigenvalue weighted by Crippen LogP contribution is 2.26. The first kappa shape index (κ1) is 17.6. The monoisotopic (exact) mass is 343 g/mol. The van der Waals surface area contributed by atoms with Crippen molar-refractivity contribution >= 4 is 29.1 Å². The zero-order chi connectivity index (χ0) is 17.8. The lowest BCUT2D eigenvalue weighted by Gasteiger charge is -2.21. The van der Waals surface area contributed by atoms with Crippen LogP contribution < -0.4 is 15.5 Å². The quantitative estimate of drug-likeness (QED) is 0.651. The Labute approximate surface area is 148 Å². The average Bonchev–Trinajstić information content (AvgIpc) is 2.75. The molecule has 25 heavy (non-hydrogen) atoms. The smallest absolute Gasteiger partial charge is 0.251 e. The summed E-state index contributed by atoms with van der Waals surface area (Å²) in [6.07, 6.45) is 7.22. The maximum absolute atomic E-state index is 12.7. The van der Waals surface area contributed by atoms with Gasteiger partial charge in [-0.3, -0.25) is 14.4 Å². The predicted octanol–water partition coefficient (Wildman–Crippen LogP) is 2.59. The van der Waals surface area contributed by atoms with Crippen LogP contribution in [-0.4, -0.2) is 29.8 Å². The summed E-state index contributed by atoms with van der Waals surface area (Å²) in [7, 11) is 0. The van der Waals surface area contributed by atoms with Crippen LogP contribution in [0.1, 0.15) is 51.9 Å². The number of nitrogens with one attached hydrogen (secondary N) is 2. The number of imide groups is 1. The van der Waals surface area contributed by atoms with Gasteiger partial charge in [0.15, 0.2) is 0 Å². The molecule has 1 saturated heterocycles. The molecule has 134 valence electrons. The van der Waals surface area contributed by atoms with Crippen LogP contribution in [0.5, 0.6) is 0 Å². The molecule has 1 atom stereocenters. The van der Waals surface area contributed by atoms with E-state index in [0.29, 0.717) is 17.4 Å². The minimum atomic E-state index is -0.425. The van der Waals surface area contributed by atoms with E-state index in [-0.39, 0.29) is 24.1 Å². The fraction of sp³-hybridized carbons (Fsp3) is 0.526. The first-order chi connectivity index (χ1) is 12.0. The lowest BCUT2D eigenvalue weighted by Crippen LogP contribution is -2.43. The fourth-order valence-electron chi connectivity index (χ4n) is 3.66. The fourth-order valence-corrected chi connectivity index (χ4v) is 3.66. The Hall–Kier alpha value is -2.21. The average molecular weight is 343 g/mol. The van der Waals surface area contributed by atoms with Gasteiger partial charge in [-0.05, 0) is 37.1 Å². The minimum Gasteiger partial charge on any atom is -0.326 e. The van der Waals surface area contributed by atoms with E-state index in [2.05, 4.69) is 10.6 Å². The molecule has 2 fully saturated rings. The molecule has 3 amide bonds. The van der Waals surface area contributed by atoms with Crippen LogP contribution in [0.25, 0.3) is 0 Å². The Kier molecular flexibility index (Phi) is 5.48. The van der Waals surface area contributed by atoms with Gasteiger partial charge in [-0.15, -0.1) is 0 Å². The summed E-state index contributed by atoms with van der Waals surface area (Å²) >= 11 is 0. The number of carbonyl (C=O) groups excluding carboxylic acids is 3. The summed E-state index contributed by atoms with van der Waals surface area (Å²) in [4.78, 5) is 37.4. The van der Waals surface area contributed by atoms with Crippen molar-refractivity contribution in [2.24, 2.45) is 0 Å². The molecule has 0 bridgehead atoms. The zero-order valence-corrected chi connectivity index (χ0v) is 14.6. The zero-order valence-electron chi connectivity index (χ0n) is 14.6. The number of carbonyl (C=O) groups is 3. The minimum absolute atomic E-state index is 0.159. The van der Waals surface area contributed by atoms with E-state index >= 15 is 0 Å². The Morgan fingerprint density at radius 2 is 1.68 bits per heavy atom. The molecule has 1 heterocycles. The molecular weight excluding hydrogens is 318 g/mol. The topological polar surface area (TPSA) is 78.5 Å². The summed E-state index contributed by atoms with van der Waals surface area (Å²) < 4.78 is 0. The standard InChI is InChI=1S/C19H25N3O3/c1-13(23)20-15-8-10-16(11-9-15)22-18(24)12-17(19(22)25)21-14-6-4-2-3-5-7-14/h8-11,14,17,21H,2-7,12H2,1H3,(H,20,23). The highest BCUT2D eigenvalue weighted by atomic mass is 16.2. The highest BCUT2D eigenvalue weighted by Gasteiger charge is 2.40. The van der Waals surface area contributed by atoms with Gasteiger partial charge >= 0.3 is 0 Å². The van der Waals surface area contributed by atoms with E-state index in [1.807, 2.05) is 0 Å². The largest absolute Gasteiger partial charge is 0.326 e. The van der Waals surface area contributed by atoms with Crippen molar-refractivity contribution in [2.45, 2.75) is 64.0 Å². The van der Waals surface area contributed by atoms with Gasteiger partial charge in [-0.25, -0.2) is 4.90 Å². The van der Waals surface area contributed by atoms with E-state index in [9.17, 15) is 14.4 Å². The van der Waals surface area contributed by atoms with Gasteiger partial charge in [0.2, 0.25) is 11.8 Å². The highest BCUT2D eigenvalue weighted by molar-refractivity contribution is 6.22. The van der Waals surface area contributed by atoms with Gasteiger partial charge in [0, 0.05) is 18.7 Å². The number of anilines is 2. The van der Waals surface area contributed by atoms with Crippen molar-refractivity contribution in [3.63, 3.8) is 0 Å². The second kappa shape index (κ2) is 7.78. The lowest BCUT2D eigenvalue weighted by molar-refractivity contribution is -0.122. The van der Waals surface area contributed by atoms with E-state index < -0.39 is 6.04 Å². The Morgan fingerprint density at radius 3 is 2.28 bits per heavy atom. The summed E-state index contributed by atoms with van der Waals surface area (Å²) in [5, 5.41) is 6.08. The van der Waals surface area contributed by atoms with E-state index in [4.69, 9.17) is 0 Å². The molecule has 1 aromatic rings. The van der Waals surface area contributed by atoms with Gasteiger partial charge in [0.1, 0.15) is 0 Å². The van der Waals surface area contributed by atoms with Crippen LogP contribution in [0, 0.1) is 0 Å². The van der Waals surface area contributed by atoms with Crippen LogP contribution in [0.3, 0.4) is 0 Å². The molecule has 0 radical (unpaired) electrons. The SMILES string of the molecule is CC(=O)Nc1ccc(N2C(=O)CC(NC3CCCCCC3)C2=O)cc1. The number of hydrogen-bond donors (Lipinski definition) is 2. The second-order valence-electron chi connectivity index (χ2n) is 6.91. The molecule has 2 N–H and O–H groups in total. The number of nitrogens with zero attached hydrogens (tertiary/aromatic N) is 1. The Bertz CT molecular complexity index is 648. The molecule has 1 aliphatic heterocycles. The molecule has 0 spiro atoms. The van der Waals surface area contributed by atoms with Crippen molar-refractivity contribution in [1.82, 2.24) is 5.32 Å². The maximum Gasteiger partial charge on any atom is 0.251 e. The number of rotatable bonds is 4. The molecular formula is C19H25N3O3. The molecule has 0 aromatic heterocycles. The van der Waals surface area contributed by atoms with Gasteiger partial charge in [-0.2, -0.15) is 0 Å². The maximum atomic E-state index is 12.7. The van der Waals surface area contributed by atoms with Crippen LogP contribution in [-0.2, 0) is 14.4 Å². The third kappa shape index (κ3) is 4.25. The third-order valence-corrected chi connectivity index (χ3v) is 4.88. The van der Waals surface area contributed by atoms with Crippen molar-refractivity contribution in [3.8, 4) is 0 Å². The number of amides is 3. The molecule has 1 aliphatic carbocycles. The van der Waals surface area contributed by atoms with Gasteiger partial charge in [-0.1, -0.05) is 25.7 Å². The normalized spacial score (nSPS) is 22.1. The van der Waals surface area contributed by atoms with Gasteiger partial charge in [0.25, 0.3) is 5.91 Å². The van der Waals surface area contributed by atoms with Crippen molar-refractivity contribution in [2.75, 3.05) is 10.2 Å². The summed E-state index contributed by atoms with van der Waals surface area (Å²) in [6.45, 7) is 1.44. The van der Waals surface area contributed by atoms with Gasteiger partial charge in [0.05, 0.1) is 18.2 Å². The van der Waals surface area contributed by atoms with Crippen LogP contribution in [0.2, 0.25) is 0 Å². The molecule has 2 aliphatic rings. The number of benzene rings is 1. The van der Waals surface area contributed by atoms with Crippen LogP contribution in [0.15, 0.2) is 24.3 Å². The molecule has 6 nitrogen and oxygen atoms in total. The Morgan fingerprint density at radius 1 is 1.04 bits per heavy atom. The van der Waals surface area contributed by atoms with Crippen molar-refractivity contribution < 1.29 is 14.4 Å². The van der Waals surface area contributed by atoms with E-state index in [1.165, 1.54) is 37.5 Å². The van der Waals surface area contributed by atoms with Crippen molar-refractivity contribution in [1.29, 1.82) is 0 Å². The van der Waals surface area contributed by atoms with Crippen LogP contribution >= 0.6 is 0 Å². The second-order valence-corrected chi connectivity index (χ2v) is 6.91. The van der Waals surface area contributed by atoms with E-state index in [0.717, 1.165) is 12.8 Å².